The summed E-state index contributed by atoms with van der Waals surface area (Å²) in [5.41, 5.74) is -0.0624. The predicted molar refractivity (Wildman–Crippen MR) is 68.4 cm³/mol. The second kappa shape index (κ2) is 5.46. The quantitative estimate of drug-likeness (QED) is 0.940. The van der Waals surface area contributed by atoms with E-state index in [4.69, 9.17) is 11.6 Å². The molecule has 20 heavy (non-hydrogen) atoms. The zero-order valence-corrected chi connectivity index (χ0v) is 11.3. The van der Waals surface area contributed by atoms with E-state index in [1.807, 2.05) is 6.92 Å². The first-order chi connectivity index (χ1) is 9.34. The predicted octanol–water partition coefficient (Wildman–Crippen LogP) is 3.66. The van der Waals surface area contributed by atoms with Gasteiger partial charge in [0.05, 0.1) is 22.5 Å². The smallest absolute Gasteiger partial charge is 0.382 e. The fraction of sp³-hybridized carbons (Fsp3) is 0.308. The molecule has 1 atom stereocenters. The highest BCUT2D eigenvalue weighted by Gasteiger charge is 2.30. The summed E-state index contributed by atoms with van der Waals surface area (Å²) in [5.74, 6) is 0. The summed E-state index contributed by atoms with van der Waals surface area (Å²) in [7, 11) is 0. The van der Waals surface area contributed by atoms with Gasteiger partial charge in [0.2, 0.25) is 0 Å². The zero-order valence-electron chi connectivity index (χ0n) is 10.5. The number of aryl methyl sites for hydroxylation is 1. The van der Waals surface area contributed by atoms with Crippen LogP contribution in [0, 0.1) is 0 Å². The van der Waals surface area contributed by atoms with Crippen molar-refractivity contribution in [1.29, 1.82) is 0 Å². The van der Waals surface area contributed by atoms with Crippen molar-refractivity contribution >= 4 is 11.6 Å². The molecule has 1 aromatic carbocycles. The number of hydrogen-bond acceptors (Lipinski definition) is 2. The molecule has 1 aromatic heterocycles. The average molecular weight is 305 g/mol. The number of nitrogens with zero attached hydrogens (tertiary/aromatic N) is 2. The Morgan fingerprint density at radius 2 is 1.90 bits per heavy atom. The minimum absolute atomic E-state index is 0.277. The lowest BCUT2D eigenvalue weighted by atomic mass is 10.0. The Labute approximate surface area is 118 Å². The van der Waals surface area contributed by atoms with E-state index in [1.165, 1.54) is 23.0 Å². The van der Waals surface area contributed by atoms with E-state index < -0.39 is 17.8 Å². The van der Waals surface area contributed by atoms with E-state index in [0.717, 1.165) is 12.1 Å². The van der Waals surface area contributed by atoms with E-state index in [2.05, 4.69) is 5.10 Å². The molecule has 0 saturated carbocycles. The highest BCUT2D eigenvalue weighted by atomic mass is 35.5. The van der Waals surface area contributed by atoms with Crippen molar-refractivity contribution in [3.05, 3.63) is 52.3 Å². The Morgan fingerprint density at radius 3 is 2.40 bits per heavy atom. The van der Waals surface area contributed by atoms with Crippen molar-refractivity contribution in [3.8, 4) is 0 Å². The Kier molecular flexibility index (Phi) is 4.06. The molecule has 0 aliphatic heterocycles. The Morgan fingerprint density at radius 1 is 1.30 bits per heavy atom. The summed E-state index contributed by atoms with van der Waals surface area (Å²) >= 11 is 5.95. The number of aliphatic hydroxyl groups is 1. The van der Waals surface area contributed by atoms with Crippen LogP contribution < -0.4 is 0 Å². The van der Waals surface area contributed by atoms with Gasteiger partial charge in [-0.25, -0.2) is 0 Å². The van der Waals surface area contributed by atoms with E-state index in [1.54, 1.807) is 0 Å². The summed E-state index contributed by atoms with van der Waals surface area (Å²) in [6.07, 6.45) is -4.12. The fourth-order valence-electron chi connectivity index (χ4n) is 1.91. The van der Waals surface area contributed by atoms with Crippen molar-refractivity contribution in [2.24, 2.45) is 0 Å². The number of aromatic nitrogens is 2. The standard InChI is InChI=1S/C13H12ClF3N2O/c1-2-19-11(10(14)7-18-19)12(20)8-3-5-9(6-4-8)13(15,16)17/h3-7,12,20H,2H2,1H3. The average Bonchev–Trinajstić information content (AvgIpc) is 2.78. The van der Waals surface area contributed by atoms with Gasteiger partial charge in [-0.3, -0.25) is 4.68 Å². The Balaban J connectivity index is 2.34. The maximum absolute atomic E-state index is 12.5. The summed E-state index contributed by atoms with van der Waals surface area (Å²) in [5, 5.41) is 14.5. The molecule has 0 radical (unpaired) electrons. The van der Waals surface area contributed by atoms with Crippen LogP contribution in [-0.2, 0) is 12.7 Å². The number of benzene rings is 1. The molecule has 1 unspecified atom stereocenters. The van der Waals surface area contributed by atoms with Gasteiger partial charge in [0, 0.05) is 6.54 Å². The molecule has 0 spiro atoms. The molecular weight excluding hydrogens is 293 g/mol. The van der Waals surface area contributed by atoms with Crippen molar-refractivity contribution in [2.45, 2.75) is 25.7 Å². The van der Waals surface area contributed by atoms with Crippen molar-refractivity contribution in [2.75, 3.05) is 0 Å². The van der Waals surface area contributed by atoms with Gasteiger partial charge in [0.1, 0.15) is 6.10 Å². The largest absolute Gasteiger partial charge is 0.416 e. The first-order valence-electron chi connectivity index (χ1n) is 5.91. The SMILES string of the molecule is CCn1ncc(Cl)c1C(O)c1ccc(C(F)(F)F)cc1. The molecule has 0 aliphatic carbocycles. The number of aliphatic hydroxyl groups excluding tert-OH is 1. The van der Waals surface area contributed by atoms with Gasteiger partial charge < -0.3 is 5.11 Å². The van der Waals surface area contributed by atoms with Gasteiger partial charge in [0.25, 0.3) is 0 Å². The topological polar surface area (TPSA) is 38.0 Å². The van der Waals surface area contributed by atoms with Crippen LogP contribution in [0.5, 0.6) is 0 Å². The maximum atomic E-state index is 12.5. The molecule has 1 N–H and O–H groups in total. The molecule has 0 aliphatic rings. The molecule has 108 valence electrons. The molecule has 3 nitrogen and oxygen atoms in total. The lowest BCUT2D eigenvalue weighted by molar-refractivity contribution is -0.137. The summed E-state index contributed by atoms with van der Waals surface area (Å²) in [4.78, 5) is 0. The van der Waals surface area contributed by atoms with Gasteiger partial charge >= 0.3 is 6.18 Å². The third-order valence-corrected chi connectivity index (χ3v) is 3.24. The van der Waals surface area contributed by atoms with Crippen LogP contribution in [0.1, 0.15) is 29.8 Å². The lowest BCUT2D eigenvalue weighted by Crippen LogP contribution is -2.10. The van der Waals surface area contributed by atoms with Gasteiger partial charge in [-0.2, -0.15) is 18.3 Å². The first-order valence-corrected chi connectivity index (χ1v) is 6.28. The van der Waals surface area contributed by atoms with Crippen LogP contribution in [0.15, 0.2) is 30.5 Å². The van der Waals surface area contributed by atoms with E-state index >= 15 is 0 Å². The lowest BCUT2D eigenvalue weighted by Gasteiger charge is -2.14. The summed E-state index contributed by atoms with van der Waals surface area (Å²) < 4.78 is 38.9. The molecule has 2 aromatic rings. The second-order valence-corrected chi connectivity index (χ2v) is 4.62. The number of hydrogen-bond donors (Lipinski definition) is 1. The number of rotatable bonds is 3. The second-order valence-electron chi connectivity index (χ2n) is 4.22. The highest BCUT2D eigenvalue weighted by Crippen LogP contribution is 2.32. The summed E-state index contributed by atoms with van der Waals surface area (Å²) in [6.45, 7) is 2.33. The van der Waals surface area contributed by atoms with Crippen LogP contribution in [-0.4, -0.2) is 14.9 Å². The fourth-order valence-corrected chi connectivity index (χ4v) is 2.15. The summed E-state index contributed by atoms with van der Waals surface area (Å²) in [6, 6.07) is 4.33. The normalized spacial score (nSPS) is 13.5. The minimum Gasteiger partial charge on any atom is -0.382 e. The van der Waals surface area contributed by atoms with Gasteiger partial charge in [-0.05, 0) is 24.6 Å². The molecular formula is C13H12ClF3N2O. The first kappa shape index (κ1) is 14.9. The van der Waals surface area contributed by atoms with Crippen LogP contribution >= 0.6 is 11.6 Å². The molecule has 7 heteroatoms. The van der Waals surface area contributed by atoms with E-state index in [9.17, 15) is 18.3 Å². The Hall–Kier alpha value is -1.53. The molecule has 2 rings (SSSR count). The molecule has 1 heterocycles. The van der Waals surface area contributed by atoms with Crippen molar-refractivity contribution in [1.82, 2.24) is 9.78 Å². The van der Waals surface area contributed by atoms with Crippen molar-refractivity contribution in [3.63, 3.8) is 0 Å². The number of alkyl halides is 3. The maximum Gasteiger partial charge on any atom is 0.416 e. The third-order valence-electron chi connectivity index (χ3n) is 2.95. The van der Waals surface area contributed by atoms with Gasteiger partial charge in [-0.15, -0.1) is 0 Å². The molecule has 0 amide bonds. The van der Waals surface area contributed by atoms with Crippen molar-refractivity contribution < 1.29 is 18.3 Å². The number of halogens is 4. The zero-order chi connectivity index (χ0) is 14.9. The van der Waals surface area contributed by atoms with Crippen LogP contribution in [0.2, 0.25) is 5.02 Å². The Bertz CT molecular complexity index is 593. The minimum atomic E-state index is -4.40. The van der Waals surface area contributed by atoms with Gasteiger partial charge in [0.15, 0.2) is 0 Å². The third kappa shape index (κ3) is 2.81. The van der Waals surface area contributed by atoms with Crippen LogP contribution in [0.25, 0.3) is 0 Å². The monoisotopic (exact) mass is 304 g/mol. The molecule has 0 bridgehead atoms. The molecule has 0 saturated heterocycles. The van der Waals surface area contributed by atoms with E-state index in [0.29, 0.717) is 17.8 Å². The van der Waals surface area contributed by atoms with Crippen LogP contribution in [0.4, 0.5) is 13.2 Å². The van der Waals surface area contributed by atoms with Gasteiger partial charge in [-0.1, -0.05) is 23.7 Å². The molecule has 0 fully saturated rings. The highest BCUT2D eigenvalue weighted by molar-refractivity contribution is 6.31. The van der Waals surface area contributed by atoms with Crippen LogP contribution in [0.3, 0.4) is 0 Å². The van der Waals surface area contributed by atoms with E-state index in [-0.39, 0.29) is 5.02 Å².